The van der Waals surface area contributed by atoms with Crippen LogP contribution >= 0.6 is 0 Å². The molecule has 124 valence electrons. The summed E-state index contributed by atoms with van der Waals surface area (Å²) in [7, 11) is 1.30. The van der Waals surface area contributed by atoms with Crippen LogP contribution in [0.15, 0.2) is 54.6 Å². The zero-order chi connectivity index (χ0) is 17.5. The summed E-state index contributed by atoms with van der Waals surface area (Å²) < 4.78 is 4.63. The van der Waals surface area contributed by atoms with Crippen molar-refractivity contribution in [2.45, 2.75) is 6.92 Å². The summed E-state index contributed by atoms with van der Waals surface area (Å²) in [5, 5.41) is 2.73. The van der Waals surface area contributed by atoms with Crippen molar-refractivity contribution in [1.82, 2.24) is 0 Å². The highest BCUT2D eigenvalue weighted by Crippen LogP contribution is 2.16. The molecule has 0 aliphatic heterocycles. The summed E-state index contributed by atoms with van der Waals surface area (Å²) in [6.45, 7) is 1.26. The smallest absolute Gasteiger partial charge is 0.337 e. The minimum Gasteiger partial charge on any atom is -0.465 e. The van der Waals surface area contributed by atoms with Gasteiger partial charge in [-0.2, -0.15) is 0 Å². The summed E-state index contributed by atoms with van der Waals surface area (Å²) in [6.07, 6.45) is 0. The lowest BCUT2D eigenvalue weighted by atomic mass is 10.2. The Balaban J connectivity index is 2.10. The van der Waals surface area contributed by atoms with Crippen LogP contribution in [-0.2, 0) is 14.3 Å². The molecule has 2 aromatic rings. The predicted molar refractivity (Wildman–Crippen MR) is 90.9 cm³/mol. The minimum atomic E-state index is -0.460. The maximum Gasteiger partial charge on any atom is 0.337 e. The van der Waals surface area contributed by atoms with Crippen molar-refractivity contribution >= 4 is 29.2 Å². The first-order valence-corrected chi connectivity index (χ1v) is 7.32. The summed E-state index contributed by atoms with van der Waals surface area (Å²) in [5.41, 5.74) is 1.56. The number of nitrogens with zero attached hydrogens (tertiary/aromatic N) is 1. The molecule has 0 saturated carbocycles. The van der Waals surface area contributed by atoms with E-state index in [1.807, 2.05) is 18.2 Å². The molecule has 0 saturated heterocycles. The van der Waals surface area contributed by atoms with Gasteiger partial charge in [0, 0.05) is 18.3 Å². The monoisotopic (exact) mass is 326 g/mol. The van der Waals surface area contributed by atoms with E-state index in [-0.39, 0.29) is 18.4 Å². The van der Waals surface area contributed by atoms with Gasteiger partial charge in [0.05, 0.1) is 12.7 Å². The lowest BCUT2D eigenvalue weighted by Crippen LogP contribution is -2.36. The number of carbonyl (C=O) groups is 3. The summed E-state index contributed by atoms with van der Waals surface area (Å²) in [4.78, 5) is 36.8. The quantitative estimate of drug-likeness (QED) is 0.857. The number of rotatable bonds is 5. The van der Waals surface area contributed by atoms with E-state index < -0.39 is 5.97 Å². The second-order valence-corrected chi connectivity index (χ2v) is 5.06. The highest BCUT2D eigenvalue weighted by Gasteiger charge is 2.16. The molecule has 0 aliphatic rings. The molecule has 1 N–H and O–H groups in total. The third kappa shape index (κ3) is 4.42. The van der Waals surface area contributed by atoms with Crippen LogP contribution in [0.3, 0.4) is 0 Å². The van der Waals surface area contributed by atoms with Crippen molar-refractivity contribution in [3.63, 3.8) is 0 Å². The molecule has 0 fully saturated rings. The molecule has 2 amide bonds. The third-order valence-corrected chi connectivity index (χ3v) is 3.34. The van der Waals surface area contributed by atoms with Crippen LogP contribution in [0.4, 0.5) is 11.4 Å². The van der Waals surface area contributed by atoms with Crippen LogP contribution in [0.25, 0.3) is 0 Å². The Bertz CT molecular complexity index is 726. The topological polar surface area (TPSA) is 75.7 Å². The summed E-state index contributed by atoms with van der Waals surface area (Å²) in [5.74, 6) is -1.05. The van der Waals surface area contributed by atoms with Crippen LogP contribution in [-0.4, -0.2) is 31.4 Å². The maximum atomic E-state index is 12.1. The Kier molecular flexibility index (Phi) is 5.68. The Morgan fingerprint density at radius 3 is 2.17 bits per heavy atom. The van der Waals surface area contributed by atoms with Crippen molar-refractivity contribution in [2.24, 2.45) is 0 Å². The van der Waals surface area contributed by atoms with Gasteiger partial charge in [-0.1, -0.05) is 18.2 Å². The average molecular weight is 326 g/mol. The molecule has 0 spiro atoms. The first-order chi connectivity index (χ1) is 11.5. The molecule has 0 unspecified atom stereocenters. The van der Waals surface area contributed by atoms with Gasteiger partial charge in [0.1, 0.15) is 6.54 Å². The number of methoxy groups -OCH3 is 1. The van der Waals surface area contributed by atoms with Crippen molar-refractivity contribution in [3.05, 3.63) is 60.2 Å². The number of hydrogen-bond donors (Lipinski definition) is 1. The zero-order valence-electron chi connectivity index (χ0n) is 13.5. The van der Waals surface area contributed by atoms with Crippen LogP contribution in [0.5, 0.6) is 0 Å². The van der Waals surface area contributed by atoms with Crippen LogP contribution in [0.2, 0.25) is 0 Å². The normalized spacial score (nSPS) is 9.92. The van der Waals surface area contributed by atoms with Gasteiger partial charge in [0.15, 0.2) is 0 Å². The Morgan fingerprint density at radius 1 is 1.00 bits per heavy atom. The average Bonchev–Trinajstić information content (AvgIpc) is 2.60. The lowest BCUT2D eigenvalue weighted by Gasteiger charge is -2.21. The van der Waals surface area contributed by atoms with E-state index in [2.05, 4.69) is 10.1 Å². The van der Waals surface area contributed by atoms with Crippen LogP contribution < -0.4 is 10.2 Å². The Morgan fingerprint density at radius 2 is 1.62 bits per heavy atom. The van der Waals surface area contributed by atoms with Crippen LogP contribution in [0, 0.1) is 0 Å². The standard InChI is InChI=1S/C18H18N2O4/c1-13(21)20(12-17(22)19-15-6-4-3-5-7-15)16-10-8-14(9-11-16)18(23)24-2/h3-11H,12H2,1-2H3,(H,19,22). The molecular weight excluding hydrogens is 308 g/mol. The molecule has 0 bridgehead atoms. The summed E-state index contributed by atoms with van der Waals surface area (Å²) in [6, 6.07) is 15.3. The molecule has 0 aromatic heterocycles. The minimum absolute atomic E-state index is 0.123. The van der Waals surface area contributed by atoms with E-state index in [0.29, 0.717) is 16.9 Å². The highest BCUT2D eigenvalue weighted by atomic mass is 16.5. The van der Waals surface area contributed by atoms with Crippen molar-refractivity contribution in [2.75, 3.05) is 23.9 Å². The highest BCUT2D eigenvalue weighted by molar-refractivity contribution is 6.02. The van der Waals surface area contributed by atoms with Crippen molar-refractivity contribution in [3.8, 4) is 0 Å². The van der Waals surface area contributed by atoms with E-state index in [4.69, 9.17) is 0 Å². The molecule has 0 heterocycles. The van der Waals surface area contributed by atoms with E-state index >= 15 is 0 Å². The third-order valence-electron chi connectivity index (χ3n) is 3.34. The molecule has 0 aliphatic carbocycles. The Labute approximate surface area is 140 Å². The van der Waals surface area contributed by atoms with Gasteiger partial charge in [0.25, 0.3) is 0 Å². The van der Waals surface area contributed by atoms with Gasteiger partial charge in [-0.05, 0) is 36.4 Å². The SMILES string of the molecule is COC(=O)c1ccc(N(CC(=O)Nc2ccccc2)C(C)=O)cc1. The van der Waals surface area contributed by atoms with Crippen LogP contribution in [0.1, 0.15) is 17.3 Å². The fourth-order valence-corrected chi connectivity index (χ4v) is 2.15. The van der Waals surface area contributed by atoms with Gasteiger partial charge < -0.3 is 15.0 Å². The van der Waals surface area contributed by atoms with Gasteiger partial charge in [-0.25, -0.2) is 4.79 Å². The fraction of sp³-hybridized carbons (Fsp3) is 0.167. The molecule has 0 radical (unpaired) electrons. The second-order valence-electron chi connectivity index (χ2n) is 5.06. The number of anilines is 2. The Hall–Kier alpha value is -3.15. The van der Waals surface area contributed by atoms with Crippen molar-refractivity contribution in [1.29, 1.82) is 0 Å². The second kappa shape index (κ2) is 7.92. The maximum absolute atomic E-state index is 12.1. The largest absolute Gasteiger partial charge is 0.465 e. The number of amides is 2. The lowest BCUT2D eigenvalue weighted by molar-refractivity contribution is -0.120. The predicted octanol–water partition coefficient (Wildman–Crippen LogP) is 2.46. The van der Waals surface area contributed by atoms with Gasteiger partial charge in [0.2, 0.25) is 11.8 Å². The molecule has 6 nitrogen and oxygen atoms in total. The first kappa shape index (κ1) is 17.2. The number of ether oxygens (including phenoxy) is 1. The number of benzene rings is 2. The molecule has 2 rings (SSSR count). The zero-order valence-corrected chi connectivity index (χ0v) is 13.5. The van der Waals surface area contributed by atoms with E-state index in [9.17, 15) is 14.4 Å². The van der Waals surface area contributed by atoms with E-state index in [1.54, 1.807) is 36.4 Å². The molecule has 0 atom stereocenters. The number of hydrogen-bond acceptors (Lipinski definition) is 4. The number of esters is 1. The van der Waals surface area contributed by atoms with Gasteiger partial charge in [-0.15, -0.1) is 0 Å². The van der Waals surface area contributed by atoms with E-state index in [1.165, 1.54) is 18.9 Å². The van der Waals surface area contributed by atoms with Gasteiger partial charge in [-0.3, -0.25) is 9.59 Å². The molecular formula is C18H18N2O4. The first-order valence-electron chi connectivity index (χ1n) is 7.32. The molecule has 6 heteroatoms. The van der Waals surface area contributed by atoms with Crippen molar-refractivity contribution < 1.29 is 19.1 Å². The van der Waals surface area contributed by atoms with Gasteiger partial charge >= 0.3 is 5.97 Å². The molecule has 24 heavy (non-hydrogen) atoms. The number of para-hydroxylation sites is 1. The number of nitrogens with one attached hydrogen (secondary N) is 1. The fourth-order valence-electron chi connectivity index (χ4n) is 2.15. The number of carbonyl (C=O) groups excluding carboxylic acids is 3. The molecule has 2 aromatic carbocycles. The van der Waals surface area contributed by atoms with E-state index in [0.717, 1.165) is 0 Å². The summed E-state index contributed by atoms with van der Waals surface area (Å²) >= 11 is 0.